The number of nitrogens with zero attached hydrogens (tertiary/aromatic N) is 2. The highest BCUT2D eigenvalue weighted by Gasteiger charge is 2.28. The number of rotatable bonds is 2. The van der Waals surface area contributed by atoms with Gasteiger partial charge in [-0.05, 0) is 25.3 Å². The molecule has 1 unspecified atom stereocenters. The highest BCUT2D eigenvalue weighted by Crippen LogP contribution is 2.21. The van der Waals surface area contributed by atoms with E-state index in [0.717, 1.165) is 12.0 Å². The van der Waals surface area contributed by atoms with Crippen LogP contribution in [0.25, 0.3) is 0 Å². The van der Waals surface area contributed by atoms with Gasteiger partial charge in [-0.1, -0.05) is 20.3 Å². The van der Waals surface area contributed by atoms with Crippen molar-refractivity contribution >= 4 is 0 Å². The zero-order chi connectivity index (χ0) is 9.97. The van der Waals surface area contributed by atoms with E-state index in [4.69, 9.17) is 0 Å². The van der Waals surface area contributed by atoms with Gasteiger partial charge in [0.15, 0.2) is 0 Å². The van der Waals surface area contributed by atoms with Gasteiger partial charge in [0.25, 0.3) is 0 Å². The van der Waals surface area contributed by atoms with E-state index in [2.05, 4.69) is 23.6 Å². The fraction of sp³-hybridized carbons (Fsp3) is 1.00. The molecular weight excluding hydrogens is 172 g/mol. The Balaban J connectivity index is 1.83. The molecule has 0 radical (unpaired) electrons. The Labute approximate surface area is 88.3 Å². The molecule has 2 heterocycles. The Bertz CT molecular complexity index is 179. The molecule has 2 saturated heterocycles. The predicted molar refractivity (Wildman–Crippen MR) is 60.5 cm³/mol. The minimum absolute atomic E-state index is 0.824. The Morgan fingerprint density at radius 2 is 2.00 bits per heavy atom. The molecule has 0 N–H and O–H groups in total. The molecular formula is C12H24N2. The van der Waals surface area contributed by atoms with E-state index in [9.17, 15) is 0 Å². The van der Waals surface area contributed by atoms with Crippen LogP contribution >= 0.6 is 0 Å². The molecule has 0 saturated carbocycles. The molecule has 0 aliphatic carbocycles. The summed E-state index contributed by atoms with van der Waals surface area (Å²) < 4.78 is 0. The molecule has 0 spiro atoms. The molecule has 2 heteroatoms. The molecule has 0 bridgehead atoms. The summed E-state index contributed by atoms with van der Waals surface area (Å²) in [7, 11) is 0. The summed E-state index contributed by atoms with van der Waals surface area (Å²) in [5, 5.41) is 0. The predicted octanol–water partition coefficient (Wildman–Crippen LogP) is 1.81. The van der Waals surface area contributed by atoms with Gasteiger partial charge >= 0.3 is 0 Å². The topological polar surface area (TPSA) is 6.48 Å². The third-order valence-corrected chi connectivity index (χ3v) is 3.54. The van der Waals surface area contributed by atoms with E-state index < -0.39 is 0 Å². The van der Waals surface area contributed by atoms with Crippen molar-refractivity contribution in [3.05, 3.63) is 0 Å². The number of piperidine rings is 1. The lowest BCUT2D eigenvalue weighted by atomic mass is 9.99. The van der Waals surface area contributed by atoms with Crippen molar-refractivity contribution in [1.82, 2.24) is 9.80 Å². The van der Waals surface area contributed by atoms with Gasteiger partial charge in [0.2, 0.25) is 0 Å². The lowest BCUT2D eigenvalue weighted by molar-refractivity contribution is 0.0441. The minimum Gasteiger partial charge on any atom is -0.300 e. The number of fused-ring (bicyclic) bond motifs is 1. The van der Waals surface area contributed by atoms with Crippen LogP contribution in [-0.4, -0.2) is 48.6 Å². The largest absolute Gasteiger partial charge is 0.300 e. The zero-order valence-electron chi connectivity index (χ0n) is 9.71. The second kappa shape index (κ2) is 4.63. The molecule has 14 heavy (non-hydrogen) atoms. The van der Waals surface area contributed by atoms with Gasteiger partial charge < -0.3 is 4.90 Å². The van der Waals surface area contributed by atoms with Crippen LogP contribution < -0.4 is 0 Å². The molecule has 0 amide bonds. The lowest BCUT2D eigenvalue weighted by Crippen LogP contribution is -2.55. The SMILES string of the molecule is CC(C)CN1CCN2CCCCC2C1. The van der Waals surface area contributed by atoms with Gasteiger partial charge in [-0.25, -0.2) is 0 Å². The monoisotopic (exact) mass is 196 g/mol. The lowest BCUT2D eigenvalue weighted by Gasteiger charge is -2.44. The molecule has 2 aliphatic rings. The number of hydrogen-bond donors (Lipinski definition) is 0. The van der Waals surface area contributed by atoms with E-state index in [1.165, 1.54) is 52.0 Å². The summed E-state index contributed by atoms with van der Waals surface area (Å²) in [6, 6.07) is 0.885. The van der Waals surface area contributed by atoms with Crippen molar-refractivity contribution in [2.45, 2.75) is 39.2 Å². The van der Waals surface area contributed by atoms with Crippen molar-refractivity contribution in [3.8, 4) is 0 Å². The average Bonchev–Trinajstić information content (AvgIpc) is 2.17. The summed E-state index contributed by atoms with van der Waals surface area (Å²) in [6.45, 7) is 11.3. The first kappa shape index (κ1) is 10.4. The van der Waals surface area contributed by atoms with E-state index in [1.54, 1.807) is 0 Å². The van der Waals surface area contributed by atoms with Crippen molar-refractivity contribution < 1.29 is 0 Å². The summed E-state index contributed by atoms with van der Waals surface area (Å²) >= 11 is 0. The quantitative estimate of drug-likeness (QED) is 0.664. The molecule has 0 aromatic heterocycles. The highest BCUT2D eigenvalue weighted by molar-refractivity contribution is 4.85. The molecule has 0 aromatic rings. The third-order valence-electron chi connectivity index (χ3n) is 3.54. The van der Waals surface area contributed by atoms with Gasteiger partial charge in [0.1, 0.15) is 0 Å². The average molecular weight is 196 g/mol. The molecule has 2 fully saturated rings. The van der Waals surface area contributed by atoms with Gasteiger partial charge in [-0.2, -0.15) is 0 Å². The van der Waals surface area contributed by atoms with E-state index in [1.807, 2.05) is 0 Å². The van der Waals surface area contributed by atoms with Crippen molar-refractivity contribution in [3.63, 3.8) is 0 Å². The normalized spacial score (nSPS) is 30.6. The zero-order valence-corrected chi connectivity index (χ0v) is 9.71. The van der Waals surface area contributed by atoms with Crippen LogP contribution in [0.15, 0.2) is 0 Å². The minimum atomic E-state index is 0.824. The maximum atomic E-state index is 2.71. The number of hydrogen-bond acceptors (Lipinski definition) is 2. The van der Waals surface area contributed by atoms with Crippen LogP contribution in [-0.2, 0) is 0 Å². The first-order valence-electron chi connectivity index (χ1n) is 6.22. The fourth-order valence-electron chi connectivity index (χ4n) is 2.90. The van der Waals surface area contributed by atoms with E-state index in [0.29, 0.717) is 0 Å². The standard InChI is InChI=1S/C12H24N2/c1-11(2)9-13-7-8-14-6-4-3-5-12(14)10-13/h11-12H,3-10H2,1-2H3. The summed E-state index contributed by atoms with van der Waals surface area (Å²) in [4.78, 5) is 5.37. The first-order chi connectivity index (χ1) is 6.75. The van der Waals surface area contributed by atoms with Crippen LogP contribution in [0.1, 0.15) is 33.1 Å². The number of piperazine rings is 1. The molecule has 2 rings (SSSR count). The van der Waals surface area contributed by atoms with Gasteiger partial charge in [-0.15, -0.1) is 0 Å². The maximum absolute atomic E-state index is 2.71. The van der Waals surface area contributed by atoms with E-state index >= 15 is 0 Å². The van der Waals surface area contributed by atoms with Crippen LogP contribution in [0.5, 0.6) is 0 Å². The molecule has 0 aromatic carbocycles. The van der Waals surface area contributed by atoms with E-state index in [-0.39, 0.29) is 0 Å². The molecule has 2 nitrogen and oxygen atoms in total. The molecule has 2 aliphatic heterocycles. The van der Waals surface area contributed by atoms with Crippen LogP contribution in [0.4, 0.5) is 0 Å². The van der Waals surface area contributed by atoms with Gasteiger partial charge in [0.05, 0.1) is 0 Å². The Kier molecular flexibility index (Phi) is 3.45. The molecule has 1 atom stereocenters. The summed E-state index contributed by atoms with van der Waals surface area (Å²) in [5.41, 5.74) is 0. The van der Waals surface area contributed by atoms with Crippen molar-refractivity contribution in [2.75, 3.05) is 32.7 Å². The molecule has 82 valence electrons. The second-order valence-electron chi connectivity index (χ2n) is 5.34. The van der Waals surface area contributed by atoms with Gasteiger partial charge in [0, 0.05) is 32.2 Å². The third kappa shape index (κ3) is 2.48. The van der Waals surface area contributed by atoms with Crippen molar-refractivity contribution in [2.24, 2.45) is 5.92 Å². The smallest absolute Gasteiger partial charge is 0.0223 e. The summed E-state index contributed by atoms with van der Waals surface area (Å²) in [5.74, 6) is 0.824. The first-order valence-corrected chi connectivity index (χ1v) is 6.22. The Morgan fingerprint density at radius 1 is 1.14 bits per heavy atom. The highest BCUT2D eigenvalue weighted by atomic mass is 15.3. The Morgan fingerprint density at radius 3 is 2.79 bits per heavy atom. The van der Waals surface area contributed by atoms with Crippen LogP contribution in [0.2, 0.25) is 0 Å². The second-order valence-corrected chi connectivity index (χ2v) is 5.34. The van der Waals surface area contributed by atoms with Crippen LogP contribution in [0, 0.1) is 5.92 Å². The fourth-order valence-corrected chi connectivity index (χ4v) is 2.90. The Hall–Kier alpha value is -0.0800. The maximum Gasteiger partial charge on any atom is 0.0223 e. The summed E-state index contributed by atoms with van der Waals surface area (Å²) in [6.07, 6.45) is 4.33. The van der Waals surface area contributed by atoms with Crippen LogP contribution in [0.3, 0.4) is 0 Å². The van der Waals surface area contributed by atoms with Crippen molar-refractivity contribution in [1.29, 1.82) is 0 Å². The van der Waals surface area contributed by atoms with Gasteiger partial charge in [-0.3, -0.25) is 4.90 Å².